The van der Waals surface area contributed by atoms with E-state index in [0.29, 0.717) is 16.9 Å². The van der Waals surface area contributed by atoms with Crippen molar-refractivity contribution in [3.63, 3.8) is 0 Å². The summed E-state index contributed by atoms with van der Waals surface area (Å²) in [5.74, 6) is -0.558. The van der Waals surface area contributed by atoms with Gasteiger partial charge in [-0.3, -0.25) is 4.79 Å². The fourth-order valence-corrected chi connectivity index (χ4v) is 2.20. The Morgan fingerprint density at radius 3 is 2.19 bits per heavy atom. The van der Waals surface area contributed by atoms with Crippen LogP contribution in [0.15, 0.2) is 54.6 Å². The number of nitrogens with zero attached hydrogens (tertiary/aromatic N) is 2. The van der Waals surface area contributed by atoms with Gasteiger partial charge in [-0.25, -0.2) is 4.79 Å². The molecule has 134 valence electrons. The second kappa shape index (κ2) is 8.67. The standard InChI is InChI=1S/C20H20N2O4/c1-14(25-17-11-9-15(13-21)10-12-17)20(24)26-18(19(23)22(2)3)16-7-5-4-6-8-16/h4-12,14,18H,1-3H3/t14-,18+/m0/s1. The number of ether oxygens (including phenoxy) is 2. The maximum absolute atomic E-state index is 12.4. The summed E-state index contributed by atoms with van der Waals surface area (Å²) in [6.07, 6.45) is -1.95. The van der Waals surface area contributed by atoms with Crippen molar-refractivity contribution in [2.45, 2.75) is 19.1 Å². The Labute approximate surface area is 152 Å². The zero-order valence-corrected chi connectivity index (χ0v) is 14.9. The average molecular weight is 352 g/mol. The number of hydrogen-bond donors (Lipinski definition) is 0. The summed E-state index contributed by atoms with van der Waals surface area (Å²) in [7, 11) is 3.20. The highest BCUT2D eigenvalue weighted by Crippen LogP contribution is 2.21. The van der Waals surface area contributed by atoms with Gasteiger partial charge >= 0.3 is 5.97 Å². The van der Waals surface area contributed by atoms with Crippen LogP contribution in [-0.2, 0) is 14.3 Å². The lowest BCUT2D eigenvalue weighted by Crippen LogP contribution is -2.35. The van der Waals surface area contributed by atoms with Crippen LogP contribution >= 0.6 is 0 Å². The molecule has 0 N–H and O–H groups in total. The Bertz CT molecular complexity index is 795. The van der Waals surface area contributed by atoms with E-state index in [2.05, 4.69) is 0 Å². The van der Waals surface area contributed by atoms with E-state index in [4.69, 9.17) is 14.7 Å². The Morgan fingerprint density at radius 1 is 1.04 bits per heavy atom. The summed E-state index contributed by atoms with van der Waals surface area (Å²) in [6.45, 7) is 1.54. The number of amides is 1. The van der Waals surface area contributed by atoms with Crippen LogP contribution in [0.25, 0.3) is 0 Å². The first-order valence-corrected chi connectivity index (χ1v) is 8.05. The molecule has 0 aromatic heterocycles. The van der Waals surface area contributed by atoms with Crippen molar-refractivity contribution in [2.24, 2.45) is 0 Å². The number of carbonyl (C=O) groups is 2. The zero-order chi connectivity index (χ0) is 19.1. The molecule has 0 heterocycles. The number of rotatable bonds is 6. The van der Waals surface area contributed by atoms with E-state index >= 15 is 0 Å². The van der Waals surface area contributed by atoms with Crippen LogP contribution in [0.2, 0.25) is 0 Å². The SMILES string of the molecule is C[C@H](Oc1ccc(C#N)cc1)C(=O)O[C@@H](C(=O)N(C)C)c1ccccc1. The van der Waals surface area contributed by atoms with E-state index in [0.717, 1.165) is 0 Å². The van der Waals surface area contributed by atoms with Gasteiger partial charge in [0.1, 0.15) is 5.75 Å². The molecule has 0 radical (unpaired) electrons. The molecule has 0 aliphatic carbocycles. The van der Waals surface area contributed by atoms with Crippen LogP contribution in [-0.4, -0.2) is 37.0 Å². The van der Waals surface area contributed by atoms with E-state index in [1.165, 1.54) is 4.90 Å². The summed E-state index contributed by atoms with van der Waals surface area (Å²) < 4.78 is 11.0. The molecule has 0 fully saturated rings. The Morgan fingerprint density at radius 2 is 1.65 bits per heavy atom. The molecular formula is C20H20N2O4. The van der Waals surface area contributed by atoms with E-state index in [1.54, 1.807) is 69.6 Å². The molecule has 0 aliphatic heterocycles. The molecule has 0 unspecified atom stereocenters. The van der Waals surface area contributed by atoms with Crippen LogP contribution in [0.3, 0.4) is 0 Å². The van der Waals surface area contributed by atoms with Crippen LogP contribution in [0.5, 0.6) is 5.75 Å². The van der Waals surface area contributed by atoms with Gasteiger partial charge in [0, 0.05) is 19.7 Å². The third-order valence-corrected chi connectivity index (χ3v) is 3.63. The van der Waals surface area contributed by atoms with Gasteiger partial charge < -0.3 is 14.4 Å². The molecular weight excluding hydrogens is 332 g/mol. The molecule has 0 bridgehead atoms. The lowest BCUT2D eigenvalue weighted by atomic mass is 10.1. The zero-order valence-electron chi connectivity index (χ0n) is 14.9. The third-order valence-electron chi connectivity index (χ3n) is 3.63. The highest BCUT2D eigenvalue weighted by atomic mass is 16.6. The molecule has 2 rings (SSSR count). The molecule has 6 heteroatoms. The van der Waals surface area contributed by atoms with Gasteiger partial charge in [-0.05, 0) is 31.2 Å². The molecule has 2 atom stereocenters. The van der Waals surface area contributed by atoms with Crippen LogP contribution in [0.1, 0.15) is 24.2 Å². The van der Waals surface area contributed by atoms with Crippen LogP contribution in [0, 0.1) is 11.3 Å². The first-order chi connectivity index (χ1) is 12.4. The summed E-state index contributed by atoms with van der Waals surface area (Å²) in [4.78, 5) is 26.2. The molecule has 0 aliphatic rings. The largest absolute Gasteiger partial charge is 0.479 e. The summed E-state index contributed by atoms with van der Waals surface area (Å²) >= 11 is 0. The van der Waals surface area contributed by atoms with Gasteiger partial charge in [-0.15, -0.1) is 0 Å². The number of carbonyl (C=O) groups excluding carboxylic acids is 2. The molecule has 6 nitrogen and oxygen atoms in total. The maximum Gasteiger partial charge on any atom is 0.348 e. The van der Waals surface area contributed by atoms with E-state index in [-0.39, 0.29) is 5.91 Å². The third kappa shape index (κ3) is 4.84. The Balaban J connectivity index is 2.10. The summed E-state index contributed by atoms with van der Waals surface area (Å²) in [5.41, 5.74) is 1.08. The van der Waals surface area contributed by atoms with Gasteiger partial charge in [0.05, 0.1) is 11.6 Å². The second-order valence-electron chi connectivity index (χ2n) is 5.86. The predicted octanol–water partition coefficient (Wildman–Crippen LogP) is 2.70. The monoisotopic (exact) mass is 352 g/mol. The average Bonchev–Trinajstić information content (AvgIpc) is 2.66. The lowest BCUT2D eigenvalue weighted by molar-refractivity contribution is -0.165. The van der Waals surface area contributed by atoms with Crippen molar-refractivity contribution in [1.29, 1.82) is 5.26 Å². The fourth-order valence-electron chi connectivity index (χ4n) is 2.20. The normalized spacial score (nSPS) is 12.4. The number of benzene rings is 2. The smallest absolute Gasteiger partial charge is 0.348 e. The fraction of sp³-hybridized carbons (Fsp3) is 0.250. The molecule has 1 amide bonds. The van der Waals surface area contributed by atoms with Gasteiger partial charge in [-0.1, -0.05) is 30.3 Å². The van der Waals surface area contributed by atoms with Gasteiger partial charge in [0.25, 0.3) is 5.91 Å². The molecule has 0 saturated carbocycles. The van der Waals surface area contributed by atoms with Crippen molar-refractivity contribution >= 4 is 11.9 Å². The van der Waals surface area contributed by atoms with Crippen LogP contribution in [0.4, 0.5) is 0 Å². The van der Waals surface area contributed by atoms with E-state index < -0.39 is 18.2 Å². The molecule has 2 aromatic rings. The molecule has 0 spiro atoms. The second-order valence-corrected chi connectivity index (χ2v) is 5.86. The van der Waals surface area contributed by atoms with Gasteiger partial charge in [-0.2, -0.15) is 5.26 Å². The first kappa shape index (κ1) is 19.0. The van der Waals surface area contributed by atoms with E-state index in [1.807, 2.05) is 12.1 Å². The summed E-state index contributed by atoms with van der Waals surface area (Å²) in [6, 6.07) is 17.2. The van der Waals surface area contributed by atoms with Crippen molar-refractivity contribution in [1.82, 2.24) is 4.90 Å². The number of likely N-dealkylation sites (N-methyl/N-ethyl adjacent to an activating group) is 1. The lowest BCUT2D eigenvalue weighted by Gasteiger charge is -2.23. The van der Waals surface area contributed by atoms with Crippen LogP contribution < -0.4 is 4.74 Å². The van der Waals surface area contributed by atoms with Crippen molar-refractivity contribution in [3.8, 4) is 11.8 Å². The Hall–Kier alpha value is -3.33. The minimum Gasteiger partial charge on any atom is -0.479 e. The van der Waals surface area contributed by atoms with Crippen molar-refractivity contribution in [2.75, 3.05) is 14.1 Å². The van der Waals surface area contributed by atoms with Gasteiger partial charge in [0.15, 0.2) is 6.10 Å². The topological polar surface area (TPSA) is 79.6 Å². The minimum absolute atomic E-state index is 0.338. The van der Waals surface area contributed by atoms with E-state index in [9.17, 15) is 9.59 Å². The number of nitriles is 1. The van der Waals surface area contributed by atoms with Crippen molar-refractivity contribution < 1.29 is 19.1 Å². The van der Waals surface area contributed by atoms with Crippen molar-refractivity contribution in [3.05, 3.63) is 65.7 Å². The molecule has 2 aromatic carbocycles. The molecule has 26 heavy (non-hydrogen) atoms. The predicted molar refractivity (Wildman–Crippen MR) is 95.2 cm³/mol. The van der Waals surface area contributed by atoms with Gasteiger partial charge in [0.2, 0.25) is 6.10 Å². The highest BCUT2D eigenvalue weighted by molar-refractivity contribution is 5.85. The first-order valence-electron chi connectivity index (χ1n) is 8.05. The quantitative estimate of drug-likeness (QED) is 0.747. The number of esters is 1. The summed E-state index contributed by atoms with van der Waals surface area (Å²) in [5, 5.41) is 8.80. The Kier molecular flexibility index (Phi) is 6.34. The molecule has 0 saturated heterocycles. The minimum atomic E-state index is -1.04. The highest BCUT2D eigenvalue weighted by Gasteiger charge is 2.29. The number of hydrogen-bond acceptors (Lipinski definition) is 5. The maximum atomic E-state index is 12.4.